The van der Waals surface area contributed by atoms with Gasteiger partial charge in [-0.1, -0.05) is 40.9 Å². The van der Waals surface area contributed by atoms with Gasteiger partial charge in [0.25, 0.3) is 0 Å². The number of anilines is 1. The highest BCUT2D eigenvalue weighted by Crippen LogP contribution is 2.48. The number of hydroxylamine groups is 1. The molecule has 1 aliphatic rings. The van der Waals surface area contributed by atoms with Crippen molar-refractivity contribution in [2.45, 2.75) is 30.8 Å². The van der Waals surface area contributed by atoms with Crippen molar-refractivity contribution in [2.75, 3.05) is 12.1 Å². The number of nitrogens with zero attached hydrogens (tertiary/aromatic N) is 1. The van der Waals surface area contributed by atoms with Crippen molar-refractivity contribution < 1.29 is 36.0 Å². The number of rotatable bonds is 6. The first kappa shape index (κ1) is 27.3. The van der Waals surface area contributed by atoms with E-state index in [-0.39, 0.29) is 37.6 Å². The Labute approximate surface area is 210 Å². The van der Waals surface area contributed by atoms with Gasteiger partial charge in [0, 0.05) is 34.6 Å². The first-order valence-electron chi connectivity index (χ1n) is 9.71. The van der Waals surface area contributed by atoms with Gasteiger partial charge in [-0.2, -0.15) is 26.3 Å². The Balaban J connectivity index is 1.93. The van der Waals surface area contributed by atoms with Gasteiger partial charge < -0.3 is 0 Å². The van der Waals surface area contributed by atoms with E-state index in [2.05, 4.69) is 10.9 Å². The lowest BCUT2D eigenvalue weighted by atomic mass is 9.91. The second-order valence-electron chi connectivity index (χ2n) is 7.53. The van der Waals surface area contributed by atoms with Crippen LogP contribution in [0.2, 0.25) is 15.1 Å². The number of amides is 1. The van der Waals surface area contributed by atoms with Gasteiger partial charge in [0.15, 0.2) is 0 Å². The van der Waals surface area contributed by atoms with E-state index in [4.69, 9.17) is 39.6 Å². The molecule has 1 atom stereocenters. The number of alkyl halides is 6. The summed E-state index contributed by atoms with van der Waals surface area (Å²) >= 11 is 17.9. The Morgan fingerprint density at radius 1 is 1.06 bits per heavy atom. The standard InChI is InChI=1S/C21H16Cl3F6N3O2/c1-33(31-18(34)4-5-20(25,26)27)17-6-11(2-3-15(17)24)16-10-19(35-32-16,21(28,29)30)12-7-13(22)9-14(23)8-12/h2-3,6-10,32H,4-5H2,1H3,(H,31,34). The van der Waals surface area contributed by atoms with E-state index in [0.717, 1.165) is 23.2 Å². The van der Waals surface area contributed by atoms with Crippen molar-refractivity contribution in [3.63, 3.8) is 0 Å². The molecule has 1 unspecified atom stereocenters. The van der Waals surface area contributed by atoms with Gasteiger partial charge >= 0.3 is 12.4 Å². The monoisotopic (exact) mass is 561 g/mol. The molecule has 0 saturated carbocycles. The number of carbonyl (C=O) groups is 1. The van der Waals surface area contributed by atoms with Crippen molar-refractivity contribution in [1.82, 2.24) is 10.9 Å². The molecule has 2 N–H and O–H groups in total. The third-order valence-electron chi connectivity index (χ3n) is 4.93. The van der Waals surface area contributed by atoms with Crippen LogP contribution < -0.4 is 15.9 Å². The van der Waals surface area contributed by atoms with Crippen LogP contribution in [0.5, 0.6) is 0 Å². The molecule has 5 nitrogen and oxygen atoms in total. The van der Waals surface area contributed by atoms with Crippen molar-refractivity contribution in [3.8, 4) is 0 Å². The molecule has 0 spiro atoms. The summed E-state index contributed by atoms with van der Waals surface area (Å²) in [6, 6.07) is 7.47. The highest BCUT2D eigenvalue weighted by Gasteiger charge is 2.59. The minimum Gasteiger partial charge on any atom is -0.287 e. The van der Waals surface area contributed by atoms with Crippen LogP contribution in [0.4, 0.5) is 32.0 Å². The fourth-order valence-corrected chi connectivity index (χ4v) is 4.02. The normalized spacial score (nSPS) is 18.2. The number of hydrazine groups is 1. The Morgan fingerprint density at radius 3 is 2.26 bits per heavy atom. The van der Waals surface area contributed by atoms with Gasteiger partial charge in [-0.05, 0) is 36.4 Å². The predicted molar refractivity (Wildman–Crippen MR) is 120 cm³/mol. The van der Waals surface area contributed by atoms with Gasteiger partial charge in [0.1, 0.15) is 0 Å². The van der Waals surface area contributed by atoms with Crippen LogP contribution in [-0.4, -0.2) is 25.3 Å². The second kappa shape index (κ2) is 9.96. The third kappa shape index (κ3) is 6.27. The molecule has 0 radical (unpaired) electrons. The molecule has 190 valence electrons. The van der Waals surface area contributed by atoms with Crippen LogP contribution in [0, 0.1) is 0 Å². The molecule has 0 bridgehead atoms. The number of carbonyl (C=O) groups excluding carboxylic acids is 1. The predicted octanol–water partition coefficient (Wildman–Crippen LogP) is 6.79. The lowest BCUT2D eigenvalue weighted by Crippen LogP contribution is -2.42. The molecule has 0 fully saturated rings. The molecule has 1 amide bonds. The summed E-state index contributed by atoms with van der Waals surface area (Å²) in [6.45, 7) is 0. The van der Waals surface area contributed by atoms with Gasteiger partial charge in [-0.15, -0.1) is 0 Å². The highest BCUT2D eigenvalue weighted by molar-refractivity contribution is 6.34. The number of hydrogen-bond acceptors (Lipinski definition) is 4. The van der Waals surface area contributed by atoms with E-state index in [9.17, 15) is 31.1 Å². The maximum absolute atomic E-state index is 14.2. The molecule has 3 rings (SSSR count). The molecule has 0 aromatic heterocycles. The number of halogens is 9. The van der Waals surface area contributed by atoms with Gasteiger partial charge in [-0.3, -0.25) is 25.5 Å². The summed E-state index contributed by atoms with van der Waals surface area (Å²) in [6.07, 6.45) is -10.8. The van der Waals surface area contributed by atoms with Gasteiger partial charge in [0.2, 0.25) is 11.5 Å². The van der Waals surface area contributed by atoms with E-state index >= 15 is 0 Å². The lowest BCUT2D eigenvalue weighted by Gasteiger charge is -2.28. The van der Waals surface area contributed by atoms with Crippen LogP contribution in [0.3, 0.4) is 0 Å². The van der Waals surface area contributed by atoms with Crippen LogP contribution in [0.1, 0.15) is 24.0 Å². The summed E-state index contributed by atoms with van der Waals surface area (Å²) in [5.74, 6) is -0.929. The smallest absolute Gasteiger partial charge is 0.287 e. The van der Waals surface area contributed by atoms with E-state index in [1.54, 1.807) is 0 Å². The average Bonchev–Trinajstić information content (AvgIpc) is 3.18. The van der Waals surface area contributed by atoms with Crippen LogP contribution >= 0.6 is 34.8 Å². The van der Waals surface area contributed by atoms with E-state index in [0.29, 0.717) is 0 Å². The zero-order chi connectivity index (χ0) is 26.2. The molecule has 14 heteroatoms. The molecule has 0 aliphatic carbocycles. The van der Waals surface area contributed by atoms with E-state index in [1.807, 2.05) is 0 Å². The lowest BCUT2D eigenvalue weighted by molar-refractivity contribution is -0.269. The van der Waals surface area contributed by atoms with Crippen LogP contribution in [-0.2, 0) is 15.2 Å². The SMILES string of the molecule is CN(NC(=O)CCC(F)(F)F)c1cc(C2=CC(c3cc(Cl)cc(Cl)c3)(C(F)(F)F)ON2)ccc1Cl. The molecule has 35 heavy (non-hydrogen) atoms. The average molecular weight is 563 g/mol. The Kier molecular flexibility index (Phi) is 7.76. The fourth-order valence-electron chi connectivity index (χ4n) is 3.25. The third-order valence-corrected chi connectivity index (χ3v) is 5.68. The maximum Gasteiger partial charge on any atom is 0.428 e. The summed E-state index contributed by atoms with van der Waals surface area (Å²) in [5.41, 5.74) is 1.40. The Bertz CT molecular complexity index is 1140. The van der Waals surface area contributed by atoms with Crippen LogP contribution in [0.15, 0.2) is 42.5 Å². The molecule has 0 saturated heterocycles. The van der Waals surface area contributed by atoms with Gasteiger partial charge in [-0.25, -0.2) is 0 Å². The topological polar surface area (TPSA) is 53.6 Å². The zero-order valence-electron chi connectivity index (χ0n) is 17.6. The highest BCUT2D eigenvalue weighted by atomic mass is 35.5. The number of hydrogen-bond donors (Lipinski definition) is 2. The zero-order valence-corrected chi connectivity index (χ0v) is 19.9. The summed E-state index contributed by atoms with van der Waals surface area (Å²) in [7, 11) is 1.32. The van der Waals surface area contributed by atoms with Crippen molar-refractivity contribution in [1.29, 1.82) is 0 Å². The number of benzene rings is 2. The molecule has 2 aromatic carbocycles. The quantitative estimate of drug-likeness (QED) is 0.301. The maximum atomic E-state index is 14.2. The Morgan fingerprint density at radius 2 is 1.69 bits per heavy atom. The van der Waals surface area contributed by atoms with Crippen molar-refractivity contribution >= 4 is 52.1 Å². The molecular weight excluding hydrogens is 547 g/mol. The molecule has 1 heterocycles. The fraction of sp³-hybridized carbons (Fsp3) is 0.286. The van der Waals surface area contributed by atoms with Gasteiger partial charge in [0.05, 0.1) is 22.8 Å². The van der Waals surface area contributed by atoms with Crippen molar-refractivity contribution in [3.05, 3.63) is 68.7 Å². The van der Waals surface area contributed by atoms with Crippen LogP contribution in [0.25, 0.3) is 5.70 Å². The second-order valence-corrected chi connectivity index (χ2v) is 8.81. The minimum atomic E-state index is -4.92. The largest absolute Gasteiger partial charge is 0.428 e. The number of nitrogens with one attached hydrogen (secondary N) is 2. The van der Waals surface area contributed by atoms with E-state index in [1.165, 1.54) is 31.3 Å². The minimum absolute atomic E-state index is 0.0294. The summed E-state index contributed by atoms with van der Waals surface area (Å²) in [5, 5.41) is 1.08. The summed E-state index contributed by atoms with van der Waals surface area (Å²) < 4.78 is 79.6. The molecule has 2 aromatic rings. The first-order chi connectivity index (χ1) is 16.1. The molecule has 1 aliphatic heterocycles. The Hall–Kier alpha value is -2.34. The van der Waals surface area contributed by atoms with E-state index < -0.39 is 36.7 Å². The van der Waals surface area contributed by atoms with Crippen molar-refractivity contribution in [2.24, 2.45) is 0 Å². The summed E-state index contributed by atoms with van der Waals surface area (Å²) in [4.78, 5) is 16.9. The molecular formula is C21H16Cl3F6N3O2. The first-order valence-corrected chi connectivity index (χ1v) is 10.8.